The molecule has 0 atom stereocenters. The summed E-state index contributed by atoms with van der Waals surface area (Å²) in [6, 6.07) is 7.01. The fourth-order valence-corrected chi connectivity index (χ4v) is 2.09. The molecule has 0 amide bonds. The molecule has 0 radical (unpaired) electrons. The molecular formula is C13H13Cl2NO2. The molecule has 0 saturated carbocycles. The highest BCUT2D eigenvalue weighted by Gasteiger charge is 2.07. The van der Waals surface area contributed by atoms with Gasteiger partial charge in [0.1, 0.15) is 18.1 Å². The molecule has 0 fully saturated rings. The summed E-state index contributed by atoms with van der Waals surface area (Å²) in [5.74, 6) is 1.51. The molecule has 2 aromatic rings. The summed E-state index contributed by atoms with van der Waals surface area (Å²) in [4.78, 5) is 0. The molecule has 0 spiro atoms. The Balaban J connectivity index is 2.04. The van der Waals surface area contributed by atoms with Crippen molar-refractivity contribution in [1.29, 1.82) is 0 Å². The van der Waals surface area contributed by atoms with Crippen LogP contribution in [-0.4, -0.2) is 7.05 Å². The number of ether oxygens (including phenoxy) is 1. The second-order valence-electron chi connectivity index (χ2n) is 3.79. The first kappa shape index (κ1) is 13.3. The van der Waals surface area contributed by atoms with Crippen LogP contribution in [0.5, 0.6) is 5.75 Å². The lowest BCUT2D eigenvalue weighted by atomic mass is 10.2. The maximum Gasteiger partial charge on any atom is 0.124 e. The minimum absolute atomic E-state index is 0.421. The maximum atomic E-state index is 5.90. The molecule has 1 heterocycles. The molecule has 1 aromatic carbocycles. The van der Waals surface area contributed by atoms with Gasteiger partial charge >= 0.3 is 0 Å². The van der Waals surface area contributed by atoms with Gasteiger partial charge in [0.05, 0.1) is 12.8 Å². The van der Waals surface area contributed by atoms with Gasteiger partial charge in [-0.05, 0) is 31.3 Å². The van der Waals surface area contributed by atoms with Crippen LogP contribution in [0.15, 0.2) is 34.9 Å². The number of nitrogens with one attached hydrogen (secondary N) is 1. The molecule has 0 aliphatic rings. The molecule has 0 aliphatic carbocycles. The van der Waals surface area contributed by atoms with Gasteiger partial charge in [-0.25, -0.2) is 0 Å². The van der Waals surface area contributed by atoms with Crippen LogP contribution in [0.3, 0.4) is 0 Å². The van der Waals surface area contributed by atoms with Gasteiger partial charge in [-0.2, -0.15) is 0 Å². The minimum Gasteiger partial charge on any atom is -0.489 e. The lowest BCUT2D eigenvalue weighted by molar-refractivity contribution is 0.301. The highest BCUT2D eigenvalue weighted by atomic mass is 35.5. The van der Waals surface area contributed by atoms with Gasteiger partial charge in [-0.3, -0.25) is 0 Å². The van der Waals surface area contributed by atoms with Crippen LogP contribution in [0.1, 0.15) is 11.3 Å². The highest BCUT2D eigenvalue weighted by Crippen LogP contribution is 2.25. The molecule has 0 aliphatic heterocycles. The average molecular weight is 286 g/mol. The largest absolute Gasteiger partial charge is 0.489 e. The van der Waals surface area contributed by atoms with Crippen molar-refractivity contribution >= 4 is 23.2 Å². The van der Waals surface area contributed by atoms with E-state index in [4.69, 9.17) is 32.4 Å². The number of furan rings is 1. The maximum absolute atomic E-state index is 5.90. The predicted octanol–water partition coefficient (Wildman–Crippen LogP) is 3.88. The zero-order chi connectivity index (χ0) is 13.0. The van der Waals surface area contributed by atoms with Gasteiger partial charge in [0.2, 0.25) is 0 Å². The third-order valence-electron chi connectivity index (χ3n) is 2.41. The molecule has 5 heteroatoms. The van der Waals surface area contributed by atoms with E-state index in [0.29, 0.717) is 28.9 Å². The molecule has 0 bridgehead atoms. The third-order valence-corrected chi connectivity index (χ3v) is 2.84. The van der Waals surface area contributed by atoms with E-state index in [1.54, 1.807) is 24.5 Å². The second kappa shape index (κ2) is 6.14. The van der Waals surface area contributed by atoms with Crippen molar-refractivity contribution in [3.63, 3.8) is 0 Å². The van der Waals surface area contributed by atoms with E-state index < -0.39 is 0 Å². The van der Waals surface area contributed by atoms with Gasteiger partial charge < -0.3 is 14.5 Å². The zero-order valence-electron chi connectivity index (χ0n) is 9.87. The molecular weight excluding hydrogens is 273 g/mol. The fourth-order valence-electron chi connectivity index (χ4n) is 1.58. The van der Waals surface area contributed by atoms with Gasteiger partial charge in [0.25, 0.3) is 0 Å². The first-order valence-corrected chi connectivity index (χ1v) is 6.23. The Bertz CT molecular complexity index is 505. The van der Waals surface area contributed by atoms with Gasteiger partial charge in [-0.1, -0.05) is 23.2 Å². The molecule has 3 nitrogen and oxygen atoms in total. The number of halogens is 2. The first-order valence-electron chi connectivity index (χ1n) is 5.48. The summed E-state index contributed by atoms with van der Waals surface area (Å²) in [6.07, 6.45) is 1.65. The van der Waals surface area contributed by atoms with Crippen molar-refractivity contribution in [2.45, 2.75) is 13.2 Å². The third kappa shape index (κ3) is 3.42. The van der Waals surface area contributed by atoms with E-state index in [-0.39, 0.29) is 0 Å². The van der Waals surface area contributed by atoms with E-state index in [2.05, 4.69) is 5.32 Å². The molecule has 0 unspecified atom stereocenters. The smallest absolute Gasteiger partial charge is 0.124 e. The van der Waals surface area contributed by atoms with Crippen LogP contribution in [0.25, 0.3) is 0 Å². The summed E-state index contributed by atoms with van der Waals surface area (Å²) < 4.78 is 11.0. The molecule has 18 heavy (non-hydrogen) atoms. The summed E-state index contributed by atoms with van der Waals surface area (Å²) >= 11 is 11.8. The van der Waals surface area contributed by atoms with Gasteiger partial charge in [0.15, 0.2) is 0 Å². The highest BCUT2D eigenvalue weighted by molar-refractivity contribution is 6.34. The van der Waals surface area contributed by atoms with Crippen LogP contribution in [0, 0.1) is 0 Å². The normalized spacial score (nSPS) is 10.6. The van der Waals surface area contributed by atoms with Crippen molar-refractivity contribution in [3.05, 3.63) is 51.9 Å². The zero-order valence-corrected chi connectivity index (χ0v) is 11.4. The van der Waals surface area contributed by atoms with E-state index >= 15 is 0 Å². The SMILES string of the molecule is CNCc1occc1COc1cc(Cl)cc(Cl)c1. The number of rotatable bonds is 5. The predicted molar refractivity (Wildman–Crippen MR) is 72.3 cm³/mol. The van der Waals surface area contributed by atoms with Crippen molar-refractivity contribution in [1.82, 2.24) is 5.32 Å². The van der Waals surface area contributed by atoms with E-state index in [9.17, 15) is 0 Å². The Hall–Kier alpha value is -1.16. The van der Waals surface area contributed by atoms with Crippen LogP contribution >= 0.6 is 23.2 Å². The first-order chi connectivity index (χ1) is 8.69. The number of benzene rings is 1. The molecule has 1 N–H and O–H groups in total. The number of hydrogen-bond acceptors (Lipinski definition) is 3. The fraction of sp³-hybridized carbons (Fsp3) is 0.231. The van der Waals surface area contributed by atoms with Crippen molar-refractivity contribution in [3.8, 4) is 5.75 Å². The Morgan fingerprint density at radius 2 is 1.94 bits per heavy atom. The molecule has 2 rings (SSSR count). The topological polar surface area (TPSA) is 34.4 Å². The van der Waals surface area contributed by atoms with E-state index in [1.165, 1.54) is 0 Å². The number of hydrogen-bond donors (Lipinski definition) is 1. The van der Waals surface area contributed by atoms with Crippen molar-refractivity contribution in [2.75, 3.05) is 7.05 Å². The van der Waals surface area contributed by atoms with Crippen LogP contribution < -0.4 is 10.1 Å². The van der Waals surface area contributed by atoms with Crippen LogP contribution in [0.2, 0.25) is 10.0 Å². The van der Waals surface area contributed by atoms with Gasteiger partial charge in [-0.15, -0.1) is 0 Å². The standard InChI is InChI=1S/C13H13Cl2NO2/c1-16-7-13-9(2-3-17-13)8-18-12-5-10(14)4-11(15)6-12/h2-6,16H,7-8H2,1H3. The summed E-state index contributed by atoms with van der Waals surface area (Å²) in [5, 5.41) is 4.15. The Kier molecular flexibility index (Phi) is 4.53. The van der Waals surface area contributed by atoms with Crippen LogP contribution in [-0.2, 0) is 13.2 Å². The Morgan fingerprint density at radius 3 is 2.61 bits per heavy atom. The van der Waals surface area contributed by atoms with Crippen molar-refractivity contribution < 1.29 is 9.15 Å². The van der Waals surface area contributed by atoms with Crippen molar-refractivity contribution in [2.24, 2.45) is 0 Å². The molecule has 1 aromatic heterocycles. The second-order valence-corrected chi connectivity index (χ2v) is 4.67. The minimum atomic E-state index is 0.421. The lowest BCUT2D eigenvalue weighted by Crippen LogP contribution is -2.07. The molecule has 0 saturated heterocycles. The van der Waals surface area contributed by atoms with Gasteiger partial charge in [0, 0.05) is 15.6 Å². The van der Waals surface area contributed by atoms with E-state index in [0.717, 1.165) is 11.3 Å². The summed E-state index contributed by atoms with van der Waals surface area (Å²) in [5.41, 5.74) is 1.00. The van der Waals surface area contributed by atoms with E-state index in [1.807, 2.05) is 13.1 Å². The lowest BCUT2D eigenvalue weighted by Gasteiger charge is -2.07. The van der Waals surface area contributed by atoms with Crippen LogP contribution in [0.4, 0.5) is 0 Å². The quantitative estimate of drug-likeness (QED) is 0.905. The monoisotopic (exact) mass is 285 g/mol. The Labute approximate surface area is 116 Å². The Morgan fingerprint density at radius 1 is 1.22 bits per heavy atom. The average Bonchev–Trinajstić information content (AvgIpc) is 2.73. The summed E-state index contributed by atoms with van der Waals surface area (Å²) in [7, 11) is 1.86. The summed E-state index contributed by atoms with van der Waals surface area (Å²) in [6.45, 7) is 1.09. The molecule has 96 valence electrons.